The number of carbonyl (C=O) groups is 2. The fraction of sp³-hybridized carbons (Fsp3) is 0.280. The molecule has 3 aromatic rings. The second-order valence-corrected chi connectivity index (χ2v) is 8.10. The molecule has 0 saturated heterocycles. The highest BCUT2D eigenvalue weighted by atomic mass is 16.6. The number of aryl methyl sites for hydroxylation is 1. The van der Waals surface area contributed by atoms with E-state index in [1.54, 1.807) is 12.1 Å². The Labute approximate surface area is 177 Å². The Morgan fingerprint density at radius 3 is 2.47 bits per heavy atom. The lowest BCUT2D eigenvalue weighted by Crippen LogP contribution is -2.33. The highest BCUT2D eigenvalue weighted by Crippen LogP contribution is 2.21. The van der Waals surface area contributed by atoms with Gasteiger partial charge in [-0.3, -0.25) is 0 Å². The highest BCUT2D eigenvalue weighted by Gasteiger charge is 2.15. The molecule has 0 unspecified atom stereocenters. The number of esters is 1. The SMILES string of the molecule is CC(C)(C)OC(=O)NCCCc1cccc(OC(=O)c2cccc3ccccc23)c1. The number of fused-ring (bicyclic) bond motifs is 1. The summed E-state index contributed by atoms with van der Waals surface area (Å²) in [5.74, 6) is 0.126. The van der Waals surface area contributed by atoms with Gasteiger partial charge in [-0.1, -0.05) is 48.5 Å². The lowest BCUT2D eigenvalue weighted by molar-refractivity contribution is 0.0526. The Kier molecular flexibility index (Phi) is 6.72. The minimum atomic E-state index is -0.508. The molecule has 1 amide bonds. The molecule has 0 aliphatic rings. The lowest BCUT2D eigenvalue weighted by Gasteiger charge is -2.19. The van der Waals surface area contributed by atoms with E-state index in [-0.39, 0.29) is 5.97 Å². The third-order valence-electron chi connectivity index (χ3n) is 4.43. The van der Waals surface area contributed by atoms with Gasteiger partial charge in [-0.25, -0.2) is 9.59 Å². The second kappa shape index (κ2) is 9.44. The van der Waals surface area contributed by atoms with E-state index < -0.39 is 11.7 Å². The van der Waals surface area contributed by atoms with Crippen LogP contribution in [-0.4, -0.2) is 24.2 Å². The van der Waals surface area contributed by atoms with Crippen LogP contribution in [0.2, 0.25) is 0 Å². The summed E-state index contributed by atoms with van der Waals surface area (Å²) >= 11 is 0. The molecule has 0 spiro atoms. The van der Waals surface area contributed by atoms with Gasteiger partial charge in [0, 0.05) is 6.54 Å². The quantitative estimate of drug-likeness (QED) is 0.333. The van der Waals surface area contributed by atoms with Gasteiger partial charge in [0.15, 0.2) is 0 Å². The van der Waals surface area contributed by atoms with E-state index in [1.165, 1.54) is 0 Å². The molecule has 0 atom stereocenters. The number of nitrogens with one attached hydrogen (secondary N) is 1. The maximum Gasteiger partial charge on any atom is 0.407 e. The summed E-state index contributed by atoms with van der Waals surface area (Å²) in [5, 5.41) is 4.62. The summed E-state index contributed by atoms with van der Waals surface area (Å²) in [6.45, 7) is 6.00. The zero-order chi connectivity index (χ0) is 21.6. The third-order valence-corrected chi connectivity index (χ3v) is 4.43. The predicted molar refractivity (Wildman–Crippen MR) is 118 cm³/mol. The summed E-state index contributed by atoms with van der Waals surface area (Å²) in [6, 6.07) is 20.8. The summed E-state index contributed by atoms with van der Waals surface area (Å²) in [5.41, 5.74) is 1.07. The number of hydrogen-bond donors (Lipinski definition) is 1. The summed E-state index contributed by atoms with van der Waals surface area (Å²) in [6.07, 6.45) is 1.08. The van der Waals surface area contributed by atoms with Crippen LogP contribution in [0.4, 0.5) is 4.79 Å². The van der Waals surface area contributed by atoms with Crippen LogP contribution in [0.1, 0.15) is 43.1 Å². The van der Waals surface area contributed by atoms with E-state index in [0.717, 1.165) is 29.2 Å². The Bertz CT molecular complexity index is 1030. The molecule has 5 heteroatoms. The summed E-state index contributed by atoms with van der Waals surface area (Å²) < 4.78 is 10.8. The van der Waals surface area contributed by atoms with Gasteiger partial charge in [0.05, 0.1) is 5.56 Å². The number of benzene rings is 3. The zero-order valence-corrected chi connectivity index (χ0v) is 17.6. The number of ether oxygens (including phenoxy) is 2. The van der Waals surface area contributed by atoms with Gasteiger partial charge < -0.3 is 14.8 Å². The monoisotopic (exact) mass is 405 g/mol. The largest absolute Gasteiger partial charge is 0.444 e. The normalized spacial score (nSPS) is 11.2. The third kappa shape index (κ3) is 6.08. The maximum absolute atomic E-state index is 12.7. The number of rotatable bonds is 6. The van der Waals surface area contributed by atoms with Crippen molar-refractivity contribution in [1.82, 2.24) is 5.32 Å². The van der Waals surface area contributed by atoms with Gasteiger partial charge in [0.25, 0.3) is 0 Å². The van der Waals surface area contributed by atoms with Crippen LogP contribution in [0.3, 0.4) is 0 Å². The Morgan fingerprint density at radius 2 is 1.67 bits per heavy atom. The van der Waals surface area contributed by atoms with Crippen LogP contribution in [0.5, 0.6) is 5.75 Å². The summed E-state index contributed by atoms with van der Waals surface area (Å²) in [7, 11) is 0. The minimum Gasteiger partial charge on any atom is -0.444 e. The Balaban J connectivity index is 1.56. The van der Waals surface area contributed by atoms with Crippen molar-refractivity contribution in [3.8, 4) is 5.75 Å². The van der Waals surface area contributed by atoms with Crippen molar-refractivity contribution >= 4 is 22.8 Å². The number of alkyl carbamates (subject to hydrolysis) is 1. The van der Waals surface area contributed by atoms with Gasteiger partial charge in [0.1, 0.15) is 11.4 Å². The molecule has 156 valence electrons. The molecule has 0 aromatic heterocycles. The Hall–Kier alpha value is -3.34. The molecule has 0 bridgehead atoms. The fourth-order valence-electron chi connectivity index (χ4n) is 3.13. The van der Waals surface area contributed by atoms with Gasteiger partial charge in [-0.2, -0.15) is 0 Å². The molecule has 0 aliphatic heterocycles. The second-order valence-electron chi connectivity index (χ2n) is 8.10. The fourth-order valence-corrected chi connectivity index (χ4v) is 3.13. The predicted octanol–water partition coefficient (Wildman–Crippen LogP) is 5.52. The van der Waals surface area contributed by atoms with Crippen LogP contribution in [0, 0.1) is 0 Å². The molecule has 0 radical (unpaired) electrons. The van der Waals surface area contributed by atoms with Gasteiger partial charge >= 0.3 is 12.1 Å². The van der Waals surface area contributed by atoms with E-state index in [1.807, 2.05) is 75.4 Å². The van der Waals surface area contributed by atoms with Crippen molar-refractivity contribution < 1.29 is 19.1 Å². The molecule has 0 saturated carbocycles. The number of carbonyl (C=O) groups excluding carboxylic acids is 2. The van der Waals surface area contributed by atoms with Gasteiger partial charge in [-0.15, -0.1) is 0 Å². The number of hydrogen-bond acceptors (Lipinski definition) is 4. The van der Waals surface area contributed by atoms with Gasteiger partial charge in [-0.05, 0) is 68.1 Å². The van der Waals surface area contributed by atoms with Crippen molar-refractivity contribution in [2.75, 3.05) is 6.54 Å². The molecule has 0 heterocycles. The van der Waals surface area contributed by atoms with Crippen LogP contribution < -0.4 is 10.1 Å². The zero-order valence-electron chi connectivity index (χ0n) is 17.6. The number of amides is 1. The maximum atomic E-state index is 12.7. The van der Waals surface area contributed by atoms with Crippen LogP contribution in [0.25, 0.3) is 10.8 Å². The molecule has 5 nitrogen and oxygen atoms in total. The molecule has 1 N–H and O–H groups in total. The first-order valence-electron chi connectivity index (χ1n) is 10.1. The van der Waals surface area contributed by atoms with Crippen molar-refractivity contribution in [3.63, 3.8) is 0 Å². The van der Waals surface area contributed by atoms with Crippen molar-refractivity contribution in [2.24, 2.45) is 0 Å². The topological polar surface area (TPSA) is 64.6 Å². The minimum absolute atomic E-state index is 0.379. The molecular weight excluding hydrogens is 378 g/mol. The Morgan fingerprint density at radius 1 is 0.933 bits per heavy atom. The molecule has 0 aliphatic carbocycles. The van der Waals surface area contributed by atoms with Crippen molar-refractivity contribution in [2.45, 2.75) is 39.2 Å². The molecule has 3 aromatic carbocycles. The van der Waals surface area contributed by atoms with Crippen LogP contribution in [0.15, 0.2) is 66.7 Å². The van der Waals surface area contributed by atoms with Gasteiger partial charge in [0.2, 0.25) is 0 Å². The first kappa shape index (κ1) is 21.4. The molecule has 3 rings (SSSR count). The molecule has 0 fully saturated rings. The summed E-state index contributed by atoms with van der Waals surface area (Å²) in [4.78, 5) is 24.4. The highest BCUT2D eigenvalue weighted by molar-refractivity contribution is 6.05. The standard InChI is InChI=1S/C25H27NO4/c1-25(2,3)30-24(28)26-16-8-10-18-9-6-13-20(17-18)29-23(27)22-15-7-12-19-11-4-5-14-21(19)22/h4-7,9,11-15,17H,8,10,16H2,1-3H3,(H,26,28). The van der Waals surface area contributed by atoms with Crippen molar-refractivity contribution in [1.29, 1.82) is 0 Å². The van der Waals surface area contributed by atoms with E-state index in [0.29, 0.717) is 17.9 Å². The van der Waals surface area contributed by atoms with Crippen molar-refractivity contribution in [3.05, 3.63) is 77.9 Å². The average Bonchev–Trinajstić information content (AvgIpc) is 2.70. The smallest absolute Gasteiger partial charge is 0.407 e. The lowest BCUT2D eigenvalue weighted by atomic mass is 10.0. The molecule has 30 heavy (non-hydrogen) atoms. The first-order chi connectivity index (χ1) is 14.3. The van der Waals surface area contributed by atoms with E-state index in [9.17, 15) is 9.59 Å². The van der Waals surface area contributed by atoms with Crippen LogP contribution >= 0.6 is 0 Å². The van der Waals surface area contributed by atoms with E-state index in [4.69, 9.17) is 9.47 Å². The van der Waals surface area contributed by atoms with E-state index in [2.05, 4.69) is 5.32 Å². The average molecular weight is 405 g/mol. The van der Waals surface area contributed by atoms with Crippen LogP contribution in [-0.2, 0) is 11.2 Å². The molecular formula is C25H27NO4. The van der Waals surface area contributed by atoms with E-state index >= 15 is 0 Å². The first-order valence-corrected chi connectivity index (χ1v) is 10.1.